The quantitative estimate of drug-likeness (QED) is 0.206. The number of benzene rings is 1. The first-order chi connectivity index (χ1) is 19.5. The van der Waals surface area contributed by atoms with Crippen molar-refractivity contribution < 1.29 is 28.6 Å². The number of amides is 2. The summed E-state index contributed by atoms with van der Waals surface area (Å²) in [6.07, 6.45) is 9.23. The monoisotopic (exact) mass is 663 g/mol. The topological polar surface area (TPSA) is 107 Å². The number of carbonyl (C=O) groups is 3. The summed E-state index contributed by atoms with van der Waals surface area (Å²) < 4.78 is 16.9. The molecule has 4 bridgehead atoms. The number of halogens is 1. The Morgan fingerprint density at radius 3 is 2.73 bits per heavy atom. The van der Waals surface area contributed by atoms with Crippen LogP contribution in [-0.4, -0.2) is 63.3 Å². The zero-order valence-electron chi connectivity index (χ0n) is 23.0. The minimum absolute atomic E-state index is 0.0241. The average molecular weight is 664 g/mol. The van der Waals surface area contributed by atoms with E-state index < -0.39 is 34.3 Å². The molecule has 5 rings (SSSR count). The Balaban J connectivity index is 1.51. The molecule has 216 valence electrons. The normalized spacial score (nSPS) is 26.9. The lowest BCUT2D eigenvalue weighted by molar-refractivity contribution is -0.154. The van der Waals surface area contributed by atoms with Gasteiger partial charge in [0.05, 0.1) is 13.2 Å². The predicted molar refractivity (Wildman–Crippen MR) is 158 cm³/mol. The van der Waals surface area contributed by atoms with Crippen molar-refractivity contribution in [1.29, 1.82) is 0 Å². The Morgan fingerprint density at radius 2 is 1.93 bits per heavy atom. The van der Waals surface area contributed by atoms with Crippen molar-refractivity contribution >= 4 is 51.3 Å². The third-order valence-electron chi connectivity index (χ3n) is 8.24. The van der Waals surface area contributed by atoms with Gasteiger partial charge in [-0.05, 0) is 74.4 Å². The molecule has 10 heteroatoms. The fourth-order valence-corrected chi connectivity index (χ4v) is 7.26. The van der Waals surface area contributed by atoms with Crippen LogP contribution in [0.5, 0.6) is 5.88 Å². The molecule has 40 heavy (non-hydrogen) atoms. The van der Waals surface area contributed by atoms with Crippen molar-refractivity contribution in [2.75, 3.05) is 13.2 Å². The number of rotatable bonds is 3. The summed E-state index contributed by atoms with van der Waals surface area (Å²) in [5.74, 6) is -0.284. The summed E-state index contributed by atoms with van der Waals surface area (Å²) >= 11 is 2.18. The highest BCUT2D eigenvalue weighted by molar-refractivity contribution is 14.1. The Labute approximate surface area is 248 Å². The number of hydrogen-bond donors (Lipinski definition) is 1. The molecular formula is C30H38IN3O6. The molecule has 1 aliphatic carbocycles. The smallest absolute Gasteiger partial charge is 0.407 e. The predicted octanol–water partition coefficient (Wildman–Crippen LogP) is 5.31. The molecule has 2 amide bonds. The van der Waals surface area contributed by atoms with E-state index in [2.05, 4.69) is 51.1 Å². The molecule has 1 aromatic heterocycles. The molecular weight excluding hydrogens is 625 g/mol. The number of fused-ring (bicyclic) bond motifs is 3. The molecule has 4 atom stereocenters. The van der Waals surface area contributed by atoms with Crippen molar-refractivity contribution in [1.82, 2.24) is 15.2 Å². The lowest BCUT2D eigenvalue weighted by Gasteiger charge is -2.35. The molecule has 1 aromatic carbocycles. The molecule has 1 saturated carbocycles. The van der Waals surface area contributed by atoms with Gasteiger partial charge in [0.25, 0.3) is 0 Å². The van der Waals surface area contributed by atoms with Gasteiger partial charge in [0, 0.05) is 18.0 Å². The Bertz CT molecular complexity index is 1220. The number of hydrogen-bond acceptors (Lipinski definition) is 7. The van der Waals surface area contributed by atoms with E-state index in [1.165, 1.54) is 5.56 Å². The first kappa shape index (κ1) is 28.9. The molecule has 2 aromatic rings. The number of alkyl halides is 1. The maximum atomic E-state index is 14.3. The van der Waals surface area contributed by atoms with Gasteiger partial charge in [0.2, 0.25) is 11.8 Å². The van der Waals surface area contributed by atoms with Gasteiger partial charge in [-0.1, -0.05) is 54.0 Å². The maximum absolute atomic E-state index is 14.3. The van der Waals surface area contributed by atoms with Crippen molar-refractivity contribution in [3.05, 3.63) is 36.0 Å². The first-order valence-electron chi connectivity index (χ1n) is 14.6. The van der Waals surface area contributed by atoms with Gasteiger partial charge < -0.3 is 24.4 Å². The van der Waals surface area contributed by atoms with E-state index in [9.17, 15) is 14.4 Å². The van der Waals surface area contributed by atoms with Crippen LogP contribution in [0.2, 0.25) is 0 Å². The minimum Gasteiger partial charge on any atom is -0.471 e. The highest BCUT2D eigenvalue weighted by Crippen LogP contribution is 2.37. The van der Waals surface area contributed by atoms with Crippen molar-refractivity contribution in [3.8, 4) is 5.88 Å². The number of alkyl carbamates (subject to hydrolysis) is 1. The van der Waals surface area contributed by atoms with E-state index in [-0.39, 0.29) is 24.9 Å². The average Bonchev–Trinajstić information content (AvgIpc) is 3.29. The fourth-order valence-electron chi connectivity index (χ4n) is 6.16. The Hall–Kier alpha value is -2.63. The van der Waals surface area contributed by atoms with Crippen LogP contribution in [-0.2, 0) is 25.5 Å². The highest BCUT2D eigenvalue weighted by Gasteiger charge is 2.51. The van der Waals surface area contributed by atoms with Gasteiger partial charge in [-0.15, -0.1) is 0 Å². The van der Waals surface area contributed by atoms with Gasteiger partial charge in [0.1, 0.15) is 22.2 Å². The summed E-state index contributed by atoms with van der Waals surface area (Å²) in [5.41, 5.74) is 1.18. The van der Waals surface area contributed by atoms with E-state index in [1.807, 2.05) is 6.07 Å². The molecule has 3 heterocycles. The number of ether oxygens (including phenoxy) is 3. The summed E-state index contributed by atoms with van der Waals surface area (Å²) in [4.78, 5) is 46.4. The highest BCUT2D eigenvalue weighted by atomic mass is 127. The lowest BCUT2D eigenvalue weighted by atomic mass is 9.83. The van der Waals surface area contributed by atoms with Gasteiger partial charge >= 0.3 is 12.1 Å². The largest absolute Gasteiger partial charge is 0.471 e. The van der Waals surface area contributed by atoms with Crippen LogP contribution >= 0.6 is 22.6 Å². The number of esters is 1. The van der Waals surface area contributed by atoms with Crippen LogP contribution in [0.25, 0.3) is 10.8 Å². The number of aromatic nitrogens is 1. The summed E-state index contributed by atoms with van der Waals surface area (Å²) in [7, 11) is 0. The minimum atomic E-state index is -0.823. The van der Waals surface area contributed by atoms with Crippen LogP contribution < -0.4 is 10.1 Å². The second kappa shape index (κ2) is 13.4. The van der Waals surface area contributed by atoms with Crippen LogP contribution in [0.15, 0.2) is 30.5 Å². The van der Waals surface area contributed by atoms with E-state index in [0.717, 1.165) is 68.6 Å². The molecule has 0 spiro atoms. The molecule has 1 N–H and O–H groups in total. The molecule has 2 fully saturated rings. The van der Waals surface area contributed by atoms with Gasteiger partial charge in [-0.25, -0.2) is 14.6 Å². The number of nitrogens with zero attached hydrogens (tertiary/aromatic N) is 2. The number of cyclic esters (lactones) is 1. The van der Waals surface area contributed by atoms with Gasteiger partial charge in [-0.3, -0.25) is 4.79 Å². The van der Waals surface area contributed by atoms with Gasteiger partial charge in [-0.2, -0.15) is 0 Å². The SMILES string of the molecule is CCOC(=O)[C@@H]1C[C@H]2Oc3nccc4ccc(cc34)CCCCCOC(=O)N[C@@H](C3CCCCC3)C(=O)N1C2I. The maximum Gasteiger partial charge on any atom is 0.407 e. The molecule has 1 saturated heterocycles. The van der Waals surface area contributed by atoms with E-state index >= 15 is 0 Å². The second-order valence-corrected chi connectivity index (χ2v) is 12.2. The molecule has 1 unspecified atom stereocenters. The van der Waals surface area contributed by atoms with E-state index in [1.54, 1.807) is 18.0 Å². The zero-order valence-corrected chi connectivity index (χ0v) is 25.1. The van der Waals surface area contributed by atoms with Crippen LogP contribution in [0.3, 0.4) is 0 Å². The molecule has 9 nitrogen and oxygen atoms in total. The van der Waals surface area contributed by atoms with Crippen molar-refractivity contribution in [2.45, 2.75) is 93.4 Å². The number of aryl methyl sites for hydroxylation is 1. The van der Waals surface area contributed by atoms with E-state index in [0.29, 0.717) is 12.5 Å². The summed E-state index contributed by atoms with van der Waals surface area (Å²) in [6, 6.07) is 6.67. The molecule has 3 aliphatic rings. The number of pyridine rings is 1. The molecule has 2 aliphatic heterocycles. The van der Waals surface area contributed by atoms with Gasteiger partial charge in [0.15, 0.2) is 0 Å². The van der Waals surface area contributed by atoms with Crippen LogP contribution in [0.4, 0.5) is 4.79 Å². The molecule has 0 radical (unpaired) electrons. The van der Waals surface area contributed by atoms with Crippen molar-refractivity contribution in [3.63, 3.8) is 0 Å². The van der Waals surface area contributed by atoms with Crippen LogP contribution in [0.1, 0.15) is 70.3 Å². The first-order valence-corrected chi connectivity index (χ1v) is 15.8. The van der Waals surface area contributed by atoms with E-state index in [4.69, 9.17) is 14.2 Å². The number of carbonyl (C=O) groups excluding carboxylic acids is 3. The summed E-state index contributed by atoms with van der Waals surface area (Å²) in [5, 5.41) is 4.83. The fraction of sp³-hybridized carbons (Fsp3) is 0.600. The Kier molecular flexibility index (Phi) is 9.64. The lowest BCUT2D eigenvalue weighted by Crippen LogP contribution is -2.56. The third kappa shape index (κ3) is 6.47. The third-order valence-corrected chi connectivity index (χ3v) is 9.64. The zero-order chi connectivity index (χ0) is 28.1. The van der Waals surface area contributed by atoms with Crippen molar-refractivity contribution in [2.24, 2.45) is 5.92 Å². The second-order valence-electron chi connectivity index (χ2n) is 10.9. The summed E-state index contributed by atoms with van der Waals surface area (Å²) in [6.45, 7) is 2.25. The van der Waals surface area contributed by atoms with Crippen LogP contribution in [0, 0.1) is 5.92 Å². The standard InChI is InChI=1S/C30H38IN3O6/c1-2-38-29(36)23-18-24-26(31)34(23)28(35)25(21-10-6-3-7-11-21)33-30(37)39-16-8-4-5-9-19-12-13-20-14-15-32-27(40-24)22(20)17-19/h12-15,17,21,23-26H,2-11,16,18H2,1H3,(H,33,37)/t23-,24+,25-,26?/m0/s1. The number of nitrogens with one attached hydrogen (secondary N) is 1. The Morgan fingerprint density at radius 1 is 1.12 bits per heavy atom.